The Balaban J connectivity index is 2.38. The Labute approximate surface area is 120 Å². The van der Waals surface area contributed by atoms with Crippen molar-refractivity contribution in [1.82, 2.24) is 4.90 Å². The summed E-state index contributed by atoms with van der Waals surface area (Å²) in [6, 6.07) is 3.12. The molecule has 19 heavy (non-hydrogen) atoms. The molecule has 1 saturated heterocycles. The Kier molecular flexibility index (Phi) is 3.82. The number of thioether (sulfide) groups is 1. The number of benzene rings is 1. The number of carbonyl (C=O) groups excluding carboxylic acids is 1. The molecule has 2 rings (SSSR count). The number of thiocarbonyl (C=S) groups is 1. The fourth-order valence-electron chi connectivity index (χ4n) is 1.80. The molecule has 0 atom stereocenters. The Morgan fingerprint density at radius 1 is 1.42 bits per heavy atom. The number of aromatic hydroxyl groups is 2. The first-order valence-corrected chi connectivity index (χ1v) is 6.94. The number of aryl methyl sites for hydroxylation is 1. The Morgan fingerprint density at radius 2 is 2.11 bits per heavy atom. The van der Waals surface area contributed by atoms with Gasteiger partial charge in [-0.25, -0.2) is 0 Å². The van der Waals surface area contributed by atoms with Crippen molar-refractivity contribution in [2.45, 2.75) is 13.8 Å². The quantitative estimate of drug-likeness (QED) is 0.499. The highest BCUT2D eigenvalue weighted by Crippen LogP contribution is 2.35. The summed E-state index contributed by atoms with van der Waals surface area (Å²) in [5.41, 5.74) is 1.21. The smallest absolute Gasteiger partial charge is 0.266 e. The van der Waals surface area contributed by atoms with E-state index in [1.807, 2.05) is 6.92 Å². The zero-order valence-corrected chi connectivity index (χ0v) is 12.1. The maximum atomic E-state index is 12.0. The number of carbonyl (C=O) groups is 1. The van der Waals surface area contributed by atoms with E-state index in [4.69, 9.17) is 12.2 Å². The molecule has 0 spiro atoms. The summed E-state index contributed by atoms with van der Waals surface area (Å²) in [4.78, 5) is 14.1. The molecule has 1 heterocycles. The van der Waals surface area contributed by atoms with Gasteiger partial charge in [0.05, 0.1) is 4.91 Å². The van der Waals surface area contributed by atoms with Crippen LogP contribution in [0.2, 0.25) is 0 Å². The molecule has 1 aromatic carbocycles. The van der Waals surface area contributed by atoms with E-state index in [1.165, 1.54) is 22.7 Å². The van der Waals surface area contributed by atoms with Gasteiger partial charge in [-0.2, -0.15) is 0 Å². The van der Waals surface area contributed by atoms with Crippen molar-refractivity contribution >= 4 is 40.3 Å². The number of phenols is 2. The third-order valence-corrected chi connectivity index (χ3v) is 4.17. The van der Waals surface area contributed by atoms with E-state index in [2.05, 4.69) is 0 Å². The molecule has 0 unspecified atom stereocenters. The number of hydrogen-bond donors (Lipinski definition) is 2. The maximum absolute atomic E-state index is 12.0. The minimum atomic E-state index is -0.197. The molecule has 6 heteroatoms. The summed E-state index contributed by atoms with van der Waals surface area (Å²) in [7, 11) is 0. The van der Waals surface area contributed by atoms with Gasteiger partial charge in [0.25, 0.3) is 5.91 Å². The van der Waals surface area contributed by atoms with E-state index in [-0.39, 0.29) is 17.4 Å². The monoisotopic (exact) mass is 295 g/mol. The predicted molar refractivity (Wildman–Crippen MR) is 80.1 cm³/mol. The second-order valence-corrected chi connectivity index (χ2v) is 5.81. The van der Waals surface area contributed by atoms with Gasteiger partial charge in [0, 0.05) is 6.54 Å². The molecule has 1 fully saturated rings. The van der Waals surface area contributed by atoms with Crippen molar-refractivity contribution in [2.75, 3.05) is 6.54 Å². The van der Waals surface area contributed by atoms with Crippen molar-refractivity contribution in [3.05, 3.63) is 28.2 Å². The van der Waals surface area contributed by atoms with E-state index in [0.717, 1.165) is 0 Å². The molecule has 2 N–H and O–H groups in total. The lowest BCUT2D eigenvalue weighted by Gasteiger charge is -2.09. The molecule has 1 aliphatic rings. The summed E-state index contributed by atoms with van der Waals surface area (Å²) in [6.07, 6.45) is 1.67. The molecular formula is C13H13NO3S2. The molecule has 100 valence electrons. The van der Waals surface area contributed by atoms with Gasteiger partial charge in [0.1, 0.15) is 4.32 Å². The molecule has 4 nitrogen and oxygen atoms in total. The predicted octanol–water partition coefficient (Wildman–Crippen LogP) is 2.63. The first-order chi connectivity index (χ1) is 8.93. The van der Waals surface area contributed by atoms with Crippen molar-refractivity contribution < 1.29 is 15.0 Å². The largest absolute Gasteiger partial charge is 0.504 e. The summed E-state index contributed by atoms with van der Waals surface area (Å²) >= 11 is 6.36. The Morgan fingerprint density at radius 3 is 2.63 bits per heavy atom. The van der Waals surface area contributed by atoms with Crippen molar-refractivity contribution in [3.8, 4) is 11.5 Å². The number of rotatable bonds is 2. The van der Waals surface area contributed by atoms with Gasteiger partial charge in [-0.1, -0.05) is 24.0 Å². The van der Waals surface area contributed by atoms with E-state index in [1.54, 1.807) is 19.1 Å². The lowest BCUT2D eigenvalue weighted by molar-refractivity contribution is -0.121. The second kappa shape index (κ2) is 5.22. The van der Waals surface area contributed by atoms with Gasteiger partial charge in [-0.3, -0.25) is 9.69 Å². The molecule has 1 aromatic rings. The standard InChI is InChI=1S/C13H13NO3S2/c1-3-14-12(17)10(19-13(14)18)6-8-4-7(2)11(16)9(15)5-8/h4-6,15-16H,3H2,1-2H3/b10-6-. The average Bonchev–Trinajstić information content (AvgIpc) is 2.61. The van der Waals surface area contributed by atoms with Crippen LogP contribution in [0.15, 0.2) is 17.0 Å². The van der Waals surface area contributed by atoms with Crippen LogP contribution in [-0.4, -0.2) is 31.9 Å². The van der Waals surface area contributed by atoms with Crippen LogP contribution in [0.25, 0.3) is 6.08 Å². The minimum Gasteiger partial charge on any atom is -0.504 e. The molecule has 1 aliphatic heterocycles. The number of likely N-dealkylation sites (N-methyl/N-ethyl adjacent to an activating group) is 1. The Bertz CT molecular complexity index is 573. The lowest BCUT2D eigenvalue weighted by atomic mass is 10.1. The summed E-state index contributed by atoms with van der Waals surface area (Å²) in [5.74, 6) is -0.460. The molecule has 0 aromatic heterocycles. The third kappa shape index (κ3) is 2.59. The topological polar surface area (TPSA) is 60.8 Å². The van der Waals surface area contributed by atoms with Gasteiger partial charge < -0.3 is 10.2 Å². The van der Waals surface area contributed by atoms with E-state index in [9.17, 15) is 15.0 Å². The molecular weight excluding hydrogens is 282 g/mol. The molecule has 0 radical (unpaired) electrons. The highest BCUT2D eigenvalue weighted by Gasteiger charge is 2.30. The second-order valence-electron chi connectivity index (χ2n) is 4.13. The molecule has 0 bridgehead atoms. The van der Waals surface area contributed by atoms with Crippen LogP contribution < -0.4 is 0 Å². The number of amides is 1. The summed E-state index contributed by atoms with van der Waals surface area (Å²) < 4.78 is 0.540. The van der Waals surface area contributed by atoms with Crippen molar-refractivity contribution in [1.29, 1.82) is 0 Å². The number of hydrogen-bond acceptors (Lipinski definition) is 5. The van der Waals surface area contributed by atoms with E-state index < -0.39 is 0 Å². The van der Waals surface area contributed by atoms with Crippen LogP contribution in [0.1, 0.15) is 18.1 Å². The third-order valence-electron chi connectivity index (χ3n) is 2.79. The fourth-order valence-corrected chi connectivity index (χ4v) is 3.18. The molecule has 0 aliphatic carbocycles. The summed E-state index contributed by atoms with van der Waals surface area (Å²) in [5, 5.41) is 19.1. The lowest BCUT2D eigenvalue weighted by Crippen LogP contribution is -2.27. The summed E-state index contributed by atoms with van der Waals surface area (Å²) in [6.45, 7) is 4.09. The number of nitrogens with zero attached hydrogens (tertiary/aromatic N) is 1. The highest BCUT2D eigenvalue weighted by molar-refractivity contribution is 8.26. The van der Waals surface area contributed by atoms with Gasteiger partial charge in [-0.05, 0) is 43.2 Å². The van der Waals surface area contributed by atoms with Gasteiger partial charge in [0.2, 0.25) is 0 Å². The van der Waals surface area contributed by atoms with Crippen molar-refractivity contribution in [3.63, 3.8) is 0 Å². The van der Waals surface area contributed by atoms with Gasteiger partial charge in [-0.15, -0.1) is 0 Å². The Hall–Kier alpha value is -1.53. The normalized spacial score (nSPS) is 17.6. The van der Waals surface area contributed by atoms with Crippen LogP contribution >= 0.6 is 24.0 Å². The molecule has 1 amide bonds. The zero-order valence-electron chi connectivity index (χ0n) is 10.5. The highest BCUT2D eigenvalue weighted by atomic mass is 32.2. The maximum Gasteiger partial charge on any atom is 0.266 e. The van der Waals surface area contributed by atoms with E-state index >= 15 is 0 Å². The SMILES string of the molecule is CCN1C(=O)/C(=C/c2cc(C)c(O)c(O)c2)SC1=S. The first kappa shape index (κ1) is 13.9. The van der Waals surface area contributed by atoms with Crippen LogP contribution in [-0.2, 0) is 4.79 Å². The molecule has 0 saturated carbocycles. The van der Waals surface area contributed by atoms with E-state index in [0.29, 0.717) is 26.9 Å². The van der Waals surface area contributed by atoms with Crippen LogP contribution in [0.5, 0.6) is 11.5 Å². The first-order valence-electron chi connectivity index (χ1n) is 5.72. The zero-order chi connectivity index (χ0) is 14.2. The average molecular weight is 295 g/mol. The van der Waals surface area contributed by atoms with Gasteiger partial charge in [0.15, 0.2) is 11.5 Å². The van der Waals surface area contributed by atoms with Crippen LogP contribution in [0.4, 0.5) is 0 Å². The van der Waals surface area contributed by atoms with Crippen LogP contribution in [0, 0.1) is 6.92 Å². The van der Waals surface area contributed by atoms with Crippen molar-refractivity contribution in [2.24, 2.45) is 0 Å². The fraction of sp³-hybridized carbons (Fsp3) is 0.231. The van der Waals surface area contributed by atoms with Gasteiger partial charge >= 0.3 is 0 Å². The number of phenolic OH excluding ortho intramolecular Hbond substituents is 2. The van der Waals surface area contributed by atoms with Crippen LogP contribution in [0.3, 0.4) is 0 Å². The minimum absolute atomic E-state index is 0.122.